The molecule has 1 aromatic carbocycles. The molecule has 0 spiro atoms. The van der Waals surface area contributed by atoms with Crippen molar-refractivity contribution in [1.29, 1.82) is 0 Å². The van der Waals surface area contributed by atoms with E-state index in [-0.39, 0.29) is 17.4 Å². The van der Waals surface area contributed by atoms with Crippen molar-refractivity contribution < 1.29 is 4.39 Å². The number of rotatable bonds is 2. The van der Waals surface area contributed by atoms with E-state index in [0.717, 1.165) is 42.9 Å². The normalized spacial score (nSPS) is 26.7. The maximum absolute atomic E-state index is 13.5. The zero-order valence-electron chi connectivity index (χ0n) is 13.1. The quantitative estimate of drug-likeness (QED) is 0.903. The average Bonchev–Trinajstić information content (AvgIpc) is 2.81. The second-order valence-corrected chi connectivity index (χ2v) is 6.87. The van der Waals surface area contributed by atoms with Crippen molar-refractivity contribution in [2.75, 3.05) is 0 Å². The van der Waals surface area contributed by atoms with Gasteiger partial charge in [0.2, 0.25) is 0 Å². The van der Waals surface area contributed by atoms with E-state index in [4.69, 9.17) is 10.7 Å². The lowest BCUT2D eigenvalue weighted by Crippen LogP contribution is -2.42. The fraction of sp³-hybridized carbons (Fsp3) is 0.588. The minimum atomic E-state index is -0.383. The van der Waals surface area contributed by atoms with Gasteiger partial charge in [-0.15, -0.1) is 0 Å². The fourth-order valence-corrected chi connectivity index (χ4v) is 3.45. The Hall–Kier alpha value is -1.42. The maximum atomic E-state index is 13.5. The maximum Gasteiger partial charge on any atom is 0.130 e. The van der Waals surface area contributed by atoms with Crippen LogP contribution in [0.2, 0.25) is 0 Å². The first-order valence-corrected chi connectivity index (χ1v) is 7.87. The zero-order valence-corrected chi connectivity index (χ0v) is 13.1. The highest BCUT2D eigenvalue weighted by molar-refractivity contribution is 5.76. The first kappa shape index (κ1) is 14.5. The summed E-state index contributed by atoms with van der Waals surface area (Å²) >= 11 is 0. The molecule has 0 radical (unpaired) electrons. The van der Waals surface area contributed by atoms with Crippen LogP contribution in [-0.4, -0.2) is 9.55 Å². The Labute approximate surface area is 125 Å². The molecule has 1 heterocycles. The molecule has 1 aromatic heterocycles. The van der Waals surface area contributed by atoms with Gasteiger partial charge < -0.3 is 10.3 Å². The molecule has 0 aliphatic heterocycles. The Morgan fingerprint density at radius 1 is 1.33 bits per heavy atom. The van der Waals surface area contributed by atoms with Crippen molar-refractivity contribution >= 4 is 11.0 Å². The van der Waals surface area contributed by atoms with Gasteiger partial charge in [0.25, 0.3) is 0 Å². The molecule has 21 heavy (non-hydrogen) atoms. The smallest absolute Gasteiger partial charge is 0.130 e. The van der Waals surface area contributed by atoms with Crippen LogP contribution in [0, 0.1) is 11.7 Å². The van der Waals surface area contributed by atoms with Crippen LogP contribution in [-0.2, 0) is 5.54 Å². The molecular formula is C17H24FN3. The second-order valence-electron chi connectivity index (χ2n) is 6.87. The van der Waals surface area contributed by atoms with Gasteiger partial charge in [-0.1, -0.05) is 6.92 Å². The largest absolute Gasteiger partial charge is 0.324 e. The minimum absolute atomic E-state index is 0.245. The SMILES string of the molecule is CC1CCC(N)(c2nc3cc(F)ccc3n2C(C)C)CC1. The van der Waals surface area contributed by atoms with Gasteiger partial charge in [-0.05, 0) is 57.6 Å². The van der Waals surface area contributed by atoms with Crippen molar-refractivity contribution in [1.82, 2.24) is 9.55 Å². The lowest BCUT2D eigenvalue weighted by Gasteiger charge is -2.36. The molecule has 3 rings (SSSR count). The molecule has 2 aromatic rings. The number of halogens is 1. The standard InChI is InChI=1S/C17H24FN3/c1-11(2)21-15-5-4-13(18)10-14(15)20-16(21)17(19)8-6-12(3)7-9-17/h4-5,10-12H,6-9,19H2,1-3H3. The number of aromatic nitrogens is 2. The van der Waals surface area contributed by atoms with E-state index < -0.39 is 0 Å². The predicted octanol–water partition coefficient (Wildman–Crippen LogP) is 4.12. The van der Waals surface area contributed by atoms with Crippen LogP contribution < -0.4 is 5.73 Å². The number of hydrogen-bond acceptors (Lipinski definition) is 2. The molecule has 1 fully saturated rings. The molecular weight excluding hydrogens is 265 g/mol. The Balaban J connectivity index is 2.15. The number of hydrogen-bond donors (Lipinski definition) is 1. The van der Waals surface area contributed by atoms with Crippen molar-refractivity contribution in [2.45, 2.75) is 58.0 Å². The topological polar surface area (TPSA) is 43.8 Å². The van der Waals surface area contributed by atoms with E-state index in [1.807, 2.05) is 6.07 Å². The average molecular weight is 289 g/mol. The molecule has 1 saturated carbocycles. The van der Waals surface area contributed by atoms with Crippen LogP contribution in [0.15, 0.2) is 18.2 Å². The molecule has 4 heteroatoms. The minimum Gasteiger partial charge on any atom is -0.324 e. The summed E-state index contributed by atoms with van der Waals surface area (Å²) in [6.07, 6.45) is 4.16. The van der Waals surface area contributed by atoms with Gasteiger partial charge in [-0.3, -0.25) is 0 Å². The molecule has 3 nitrogen and oxygen atoms in total. The lowest BCUT2D eigenvalue weighted by molar-refractivity contribution is 0.229. The number of nitrogens with two attached hydrogens (primary N) is 1. The summed E-state index contributed by atoms with van der Waals surface area (Å²) in [4.78, 5) is 4.71. The van der Waals surface area contributed by atoms with Gasteiger partial charge in [0.05, 0.1) is 16.6 Å². The lowest BCUT2D eigenvalue weighted by atomic mass is 9.77. The van der Waals surface area contributed by atoms with Crippen LogP contribution in [0.1, 0.15) is 58.3 Å². The van der Waals surface area contributed by atoms with Gasteiger partial charge in [0.1, 0.15) is 11.6 Å². The van der Waals surface area contributed by atoms with Crippen molar-refractivity contribution in [3.05, 3.63) is 29.8 Å². The van der Waals surface area contributed by atoms with Crippen LogP contribution in [0.25, 0.3) is 11.0 Å². The molecule has 1 aliphatic carbocycles. The van der Waals surface area contributed by atoms with Crippen LogP contribution in [0.5, 0.6) is 0 Å². The van der Waals surface area contributed by atoms with Crippen molar-refractivity contribution in [3.63, 3.8) is 0 Å². The number of fused-ring (bicyclic) bond motifs is 1. The third kappa shape index (κ3) is 2.46. The number of benzene rings is 1. The molecule has 0 bridgehead atoms. The van der Waals surface area contributed by atoms with E-state index in [0.29, 0.717) is 5.52 Å². The van der Waals surface area contributed by atoms with Crippen LogP contribution in [0.4, 0.5) is 4.39 Å². The Bertz CT molecular complexity index is 651. The first-order chi connectivity index (χ1) is 9.90. The first-order valence-electron chi connectivity index (χ1n) is 7.87. The van der Waals surface area contributed by atoms with Gasteiger partial charge in [-0.25, -0.2) is 9.37 Å². The predicted molar refractivity (Wildman–Crippen MR) is 83.6 cm³/mol. The highest BCUT2D eigenvalue weighted by Crippen LogP contribution is 2.39. The molecule has 1 aliphatic rings. The molecule has 0 atom stereocenters. The van der Waals surface area contributed by atoms with E-state index in [9.17, 15) is 4.39 Å². The summed E-state index contributed by atoms with van der Waals surface area (Å²) in [6, 6.07) is 5.08. The monoisotopic (exact) mass is 289 g/mol. The van der Waals surface area contributed by atoms with E-state index >= 15 is 0 Å². The summed E-state index contributed by atoms with van der Waals surface area (Å²) < 4.78 is 15.7. The van der Waals surface area contributed by atoms with E-state index in [2.05, 4.69) is 25.3 Å². The van der Waals surface area contributed by atoms with Crippen LogP contribution in [0.3, 0.4) is 0 Å². The van der Waals surface area contributed by atoms with Crippen molar-refractivity contribution in [2.24, 2.45) is 11.7 Å². The summed E-state index contributed by atoms with van der Waals surface area (Å²) in [7, 11) is 0. The number of nitrogens with zero attached hydrogens (tertiary/aromatic N) is 2. The summed E-state index contributed by atoms with van der Waals surface area (Å²) in [5.41, 5.74) is 8.01. The summed E-state index contributed by atoms with van der Waals surface area (Å²) in [6.45, 7) is 6.53. The van der Waals surface area contributed by atoms with E-state index in [1.165, 1.54) is 12.1 Å². The molecule has 114 valence electrons. The summed E-state index contributed by atoms with van der Waals surface area (Å²) in [5.74, 6) is 1.41. The highest BCUT2D eigenvalue weighted by Gasteiger charge is 2.37. The fourth-order valence-electron chi connectivity index (χ4n) is 3.45. The van der Waals surface area contributed by atoms with Gasteiger partial charge in [0.15, 0.2) is 0 Å². The second kappa shape index (κ2) is 5.09. The van der Waals surface area contributed by atoms with Gasteiger partial charge in [0, 0.05) is 12.1 Å². The highest BCUT2D eigenvalue weighted by atomic mass is 19.1. The van der Waals surface area contributed by atoms with E-state index in [1.54, 1.807) is 0 Å². The molecule has 2 N–H and O–H groups in total. The Morgan fingerprint density at radius 3 is 2.62 bits per heavy atom. The van der Waals surface area contributed by atoms with Gasteiger partial charge in [-0.2, -0.15) is 0 Å². The Kier molecular flexibility index (Phi) is 3.52. The van der Waals surface area contributed by atoms with Crippen LogP contribution >= 0.6 is 0 Å². The van der Waals surface area contributed by atoms with Crippen molar-refractivity contribution in [3.8, 4) is 0 Å². The third-order valence-corrected chi connectivity index (χ3v) is 4.78. The molecule has 0 unspecified atom stereocenters. The number of imidazole rings is 1. The third-order valence-electron chi connectivity index (χ3n) is 4.78. The zero-order chi connectivity index (χ0) is 15.2. The Morgan fingerprint density at radius 2 is 2.00 bits per heavy atom. The molecule has 0 saturated heterocycles. The van der Waals surface area contributed by atoms with Gasteiger partial charge >= 0.3 is 0 Å². The molecule has 0 amide bonds. The summed E-state index contributed by atoms with van der Waals surface area (Å²) in [5, 5.41) is 0.